The van der Waals surface area contributed by atoms with Crippen LogP contribution in [0.2, 0.25) is 0 Å². The van der Waals surface area contributed by atoms with Crippen molar-refractivity contribution >= 4 is 33.0 Å². The molecule has 1 aliphatic heterocycles. The van der Waals surface area contributed by atoms with Crippen molar-refractivity contribution in [2.45, 2.75) is 57.2 Å². The minimum absolute atomic E-state index is 0. The van der Waals surface area contributed by atoms with Gasteiger partial charge in [0.2, 0.25) is 15.9 Å². The summed E-state index contributed by atoms with van der Waals surface area (Å²) in [5.41, 5.74) is 1.52. The molecule has 0 radical (unpaired) electrons. The van der Waals surface area contributed by atoms with E-state index in [2.05, 4.69) is 35.3 Å². The van der Waals surface area contributed by atoms with E-state index in [9.17, 15) is 13.2 Å². The zero-order valence-electron chi connectivity index (χ0n) is 21.5. The first-order valence-electron chi connectivity index (χ1n) is 12.8. The molecule has 2 aliphatic rings. The Morgan fingerprint density at radius 3 is 2.66 bits per heavy atom. The third kappa shape index (κ3) is 7.92. The van der Waals surface area contributed by atoms with Gasteiger partial charge in [0.1, 0.15) is 5.69 Å². The van der Waals surface area contributed by atoms with E-state index in [1.54, 1.807) is 31.5 Å². The molecule has 38 heavy (non-hydrogen) atoms. The van der Waals surface area contributed by atoms with E-state index < -0.39 is 16.1 Å². The lowest BCUT2D eigenvalue weighted by Gasteiger charge is -2.14. The van der Waals surface area contributed by atoms with Crippen molar-refractivity contribution in [1.82, 2.24) is 30.6 Å². The number of hydrogen-bond donors (Lipinski definition) is 3. The van der Waals surface area contributed by atoms with Crippen molar-refractivity contribution in [3.05, 3.63) is 47.6 Å². The van der Waals surface area contributed by atoms with Gasteiger partial charge < -0.3 is 15.4 Å². The number of ether oxygens (including phenoxy) is 1. The van der Waals surface area contributed by atoms with E-state index in [0.29, 0.717) is 47.3 Å². The number of carbonyl (C=O) groups is 1. The molecule has 3 N–H and O–H groups in total. The SMILES string of the molecule is C1CCNCC1.CCOc1cncc(-c2cnc(C(=O)N[C@H](C)c3cc(NS(=O)(=O)C4CC4)ccn3)s2)n1.[HH].[HH].[HH]. The number of piperidine rings is 1. The molecule has 2 fully saturated rings. The van der Waals surface area contributed by atoms with Gasteiger partial charge in [0.05, 0.1) is 46.6 Å². The fourth-order valence-electron chi connectivity index (χ4n) is 3.69. The summed E-state index contributed by atoms with van der Waals surface area (Å²) in [6.45, 7) is 6.60. The van der Waals surface area contributed by atoms with Gasteiger partial charge in [0.25, 0.3) is 5.91 Å². The number of aromatic nitrogens is 4. The highest BCUT2D eigenvalue weighted by molar-refractivity contribution is 7.93. The number of amides is 1. The van der Waals surface area contributed by atoms with Crippen LogP contribution in [0.3, 0.4) is 0 Å². The minimum atomic E-state index is -3.37. The molecule has 1 atom stereocenters. The molecular formula is C25H39N7O4S2. The molecule has 11 nitrogen and oxygen atoms in total. The zero-order valence-corrected chi connectivity index (χ0v) is 23.1. The van der Waals surface area contributed by atoms with E-state index in [-0.39, 0.29) is 20.4 Å². The number of pyridine rings is 1. The first kappa shape index (κ1) is 27.9. The summed E-state index contributed by atoms with van der Waals surface area (Å²) < 4.78 is 32.3. The Labute approximate surface area is 231 Å². The standard InChI is InChI=1S/C20H22N6O4S2.C5H11N.3H2/c1-3-30-18-11-21-9-16(25-18)17-10-23-20(31-17)19(27)24-12(2)15-8-13(6-7-22-15)26-32(28,29)14-4-5-14;1-2-4-6-5-3-1;;;/h6-12,14H,3-5H2,1-2H3,(H,22,26)(H,24,27);6H,1-5H2;3*1H/t12-;;;;/m1..../s1. The van der Waals surface area contributed by atoms with Gasteiger partial charge in [-0.05, 0) is 64.8 Å². The van der Waals surface area contributed by atoms with Crippen molar-refractivity contribution in [2.24, 2.45) is 0 Å². The topological polar surface area (TPSA) is 148 Å². The molecule has 1 amide bonds. The molecule has 5 rings (SSSR count). The van der Waals surface area contributed by atoms with Gasteiger partial charge in [-0.25, -0.2) is 18.4 Å². The van der Waals surface area contributed by atoms with Gasteiger partial charge in [0.15, 0.2) is 5.01 Å². The van der Waals surface area contributed by atoms with Crippen LogP contribution in [0, 0.1) is 0 Å². The van der Waals surface area contributed by atoms with Crippen LogP contribution in [0.5, 0.6) is 5.88 Å². The molecule has 0 bridgehead atoms. The Morgan fingerprint density at radius 2 is 2.00 bits per heavy atom. The van der Waals surface area contributed by atoms with Crippen LogP contribution in [0.1, 0.15) is 71.8 Å². The lowest BCUT2D eigenvalue weighted by Crippen LogP contribution is -2.27. The first-order valence-corrected chi connectivity index (χ1v) is 15.1. The van der Waals surface area contributed by atoms with Crippen LogP contribution in [-0.4, -0.2) is 59.2 Å². The van der Waals surface area contributed by atoms with Gasteiger partial charge in [-0.1, -0.05) is 6.42 Å². The Kier molecular flexibility index (Phi) is 9.58. The van der Waals surface area contributed by atoms with Crippen LogP contribution in [0.25, 0.3) is 10.6 Å². The molecule has 3 aromatic heterocycles. The lowest BCUT2D eigenvalue weighted by atomic mass is 10.2. The van der Waals surface area contributed by atoms with Crippen LogP contribution in [0.4, 0.5) is 5.69 Å². The van der Waals surface area contributed by atoms with Crippen molar-refractivity contribution in [1.29, 1.82) is 0 Å². The van der Waals surface area contributed by atoms with Gasteiger partial charge in [-0.15, -0.1) is 11.3 Å². The summed E-state index contributed by atoms with van der Waals surface area (Å²) >= 11 is 1.19. The van der Waals surface area contributed by atoms with Crippen molar-refractivity contribution < 1.29 is 22.2 Å². The monoisotopic (exact) mass is 565 g/mol. The van der Waals surface area contributed by atoms with Crippen LogP contribution in [-0.2, 0) is 10.0 Å². The maximum Gasteiger partial charge on any atom is 0.280 e. The summed E-state index contributed by atoms with van der Waals surface area (Å²) in [4.78, 5) is 30.3. The molecular weight excluding hydrogens is 526 g/mol. The Bertz CT molecular complexity index is 1330. The first-order chi connectivity index (χ1) is 18.4. The van der Waals surface area contributed by atoms with Crippen LogP contribution in [0.15, 0.2) is 36.9 Å². The number of carbonyl (C=O) groups excluding carboxylic acids is 1. The highest BCUT2D eigenvalue weighted by Gasteiger charge is 2.35. The summed E-state index contributed by atoms with van der Waals surface area (Å²) in [6.07, 6.45) is 11.7. The predicted octanol–water partition coefficient (Wildman–Crippen LogP) is 4.29. The molecule has 1 aliphatic carbocycles. The summed E-state index contributed by atoms with van der Waals surface area (Å²) in [5, 5.41) is 6.07. The second-order valence-electron chi connectivity index (χ2n) is 9.03. The zero-order chi connectivity index (χ0) is 27.0. The number of anilines is 1. The number of nitrogens with one attached hydrogen (secondary N) is 3. The summed E-state index contributed by atoms with van der Waals surface area (Å²) in [5.74, 6) is 0.0368. The normalized spacial score (nSPS) is 16.1. The minimum Gasteiger partial charge on any atom is -0.477 e. The van der Waals surface area contributed by atoms with Gasteiger partial charge in [-0.3, -0.25) is 19.5 Å². The van der Waals surface area contributed by atoms with Crippen molar-refractivity contribution in [3.8, 4) is 16.5 Å². The van der Waals surface area contributed by atoms with E-state index >= 15 is 0 Å². The second-order valence-corrected chi connectivity index (χ2v) is 12.0. The quantitative estimate of drug-likeness (QED) is 0.345. The fraction of sp³-hybridized carbons (Fsp3) is 0.480. The average molecular weight is 566 g/mol. The molecule has 0 unspecified atom stereocenters. The molecule has 3 aromatic rings. The summed E-state index contributed by atoms with van der Waals surface area (Å²) in [6, 6.07) is 2.75. The molecule has 13 heteroatoms. The molecule has 1 saturated carbocycles. The molecule has 0 aromatic carbocycles. The lowest BCUT2D eigenvalue weighted by molar-refractivity contribution is 0.0938. The van der Waals surface area contributed by atoms with Crippen LogP contribution >= 0.6 is 11.3 Å². The average Bonchev–Trinajstić information content (AvgIpc) is 3.68. The van der Waals surface area contributed by atoms with E-state index in [1.165, 1.54) is 56.1 Å². The maximum absolute atomic E-state index is 12.7. The van der Waals surface area contributed by atoms with E-state index in [4.69, 9.17) is 4.74 Å². The highest BCUT2D eigenvalue weighted by atomic mass is 32.2. The third-order valence-electron chi connectivity index (χ3n) is 5.86. The van der Waals surface area contributed by atoms with Crippen molar-refractivity contribution in [3.63, 3.8) is 0 Å². The van der Waals surface area contributed by atoms with Crippen LogP contribution < -0.4 is 20.1 Å². The van der Waals surface area contributed by atoms with Gasteiger partial charge >= 0.3 is 0 Å². The summed E-state index contributed by atoms with van der Waals surface area (Å²) in [7, 11) is -3.37. The van der Waals surface area contributed by atoms with Gasteiger partial charge in [0, 0.05) is 16.7 Å². The number of sulfonamides is 1. The maximum atomic E-state index is 12.7. The number of rotatable bonds is 9. The molecule has 210 valence electrons. The predicted molar refractivity (Wildman–Crippen MR) is 153 cm³/mol. The Morgan fingerprint density at radius 1 is 1.21 bits per heavy atom. The largest absolute Gasteiger partial charge is 0.477 e. The smallest absolute Gasteiger partial charge is 0.280 e. The molecule has 4 heterocycles. The Hall–Kier alpha value is -3.16. The molecule has 1 saturated heterocycles. The van der Waals surface area contributed by atoms with E-state index in [0.717, 1.165) is 0 Å². The second kappa shape index (κ2) is 13.1. The van der Waals surface area contributed by atoms with Gasteiger partial charge in [-0.2, -0.15) is 0 Å². The Balaban J connectivity index is 0.000000832. The van der Waals surface area contributed by atoms with E-state index in [1.807, 2.05) is 6.92 Å². The van der Waals surface area contributed by atoms with Crippen molar-refractivity contribution in [2.75, 3.05) is 24.4 Å². The number of nitrogens with zero attached hydrogens (tertiary/aromatic N) is 4. The number of hydrogen-bond acceptors (Lipinski definition) is 10. The number of thiazole rings is 1. The fourth-order valence-corrected chi connectivity index (χ4v) is 5.84. The molecule has 0 spiro atoms. The highest BCUT2D eigenvalue weighted by Crippen LogP contribution is 2.30. The third-order valence-corrected chi connectivity index (χ3v) is 8.75.